The first kappa shape index (κ1) is 10.0. The highest BCUT2D eigenvalue weighted by atomic mass is 79.9. The summed E-state index contributed by atoms with van der Waals surface area (Å²) < 4.78 is 0.922. The summed E-state index contributed by atoms with van der Waals surface area (Å²) in [5.41, 5.74) is 1.65. The van der Waals surface area contributed by atoms with Gasteiger partial charge in [0.1, 0.15) is 0 Å². The van der Waals surface area contributed by atoms with Gasteiger partial charge in [0, 0.05) is 4.47 Å². The third-order valence-electron chi connectivity index (χ3n) is 3.35. The molecule has 2 unspecified atom stereocenters. The SMILES string of the molecule is Cc1c(Br)cccc1N1C(=O)C2CC2C1=O. The molecule has 0 aromatic heterocycles. The molecule has 0 bridgehead atoms. The molecule has 1 aliphatic heterocycles. The molecule has 16 heavy (non-hydrogen) atoms. The van der Waals surface area contributed by atoms with Gasteiger partial charge in [-0.05, 0) is 31.0 Å². The molecule has 2 aliphatic rings. The number of carbonyl (C=O) groups is 2. The van der Waals surface area contributed by atoms with Gasteiger partial charge in [0.05, 0.1) is 17.5 Å². The van der Waals surface area contributed by atoms with Crippen LogP contribution in [0, 0.1) is 18.8 Å². The lowest BCUT2D eigenvalue weighted by atomic mass is 10.2. The number of rotatable bonds is 1. The van der Waals surface area contributed by atoms with Gasteiger partial charge in [0.25, 0.3) is 0 Å². The van der Waals surface area contributed by atoms with Crippen LogP contribution in [-0.4, -0.2) is 11.8 Å². The second-order valence-electron chi connectivity index (χ2n) is 4.34. The Morgan fingerprint density at radius 2 is 1.88 bits per heavy atom. The van der Waals surface area contributed by atoms with E-state index in [0.29, 0.717) is 0 Å². The van der Waals surface area contributed by atoms with Crippen LogP contribution in [0.25, 0.3) is 0 Å². The van der Waals surface area contributed by atoms with Gasteiger partial charge >= 0.3 is 0 Å². The molecule has 1 aromatic rings. The number of benzene rings is 1. The monoisotopic (exact) mass is 279 g/mol. The molecule has 2 fully saturated rings. The predicted molar refractivity (Wildman–Crippen MR) is 63.0 cm³/mol. The maximum absolute atomic E-state index is 11.9. The Morgan fingerprint density at radius 1 is 1.25 bits per heavy atom. The quantitative estimate of drug-likeness (QED) is 0.740. The van der Waals surface area contributed by atoms with Gasteiger partial charge in [-0.2, -0.15) is 0 Å². The Bertz CT molecular complexity index is 492. The average molecular weight is 280 g/mol. The number of amides is 2. The number of imide groups is 1. The minimum Gasteiger partial charge on any atom is -0.274 e. The van der Waals surface area contributed by atoms with Crippen LogP contribution in [0.4, 0.5) is 5.69 Å². The normalized spacial score (nSPS) is 27.2. The Hall–Kier alpha value is -1.16. The Balaban J connectivity index is 2.08. The largest absolute Gasteiger partial charge is 0.274 e. The van der Waals surface area contributed by atoms with Crippen LogP contribution in [0.5, 0.6) is 0 Å². The van der Waals surface area contributed by atoms with Crippen LogP contribution in [0.15, 0.2) is 22.7 Å². The Morgan fingerprint density at radius 3 is 2.50 bits per heavy atom. The molecule has 2 amide bonds. The molecule has 3 rings (SSSR count). The Labute approximate surface area is 102 Å². The van der Waals surface area contributed by atoms with E-state index < -0.39 is 0 Å². The summed E-state index contributed by atoms with van der Waals surface area (Å²) in [5, 5.41) is 0. The van der Waals surface area contributed by atoms with Gasteiger partial charge in [-0.25, -0.2) is 4.90 Å². The molecule has 1 aliphatic carbocycles. The van der Waals surface area contributed by atoms with E-state index in [1.165, 1.54) is 4.90 Å². The summed E-state index contributed by atoms with van der Waals surface area (Å²) in [6.07, 6.45) is 0.751. The van der Waals surface area contributed by atoms with E-state index in [2.05, 4.69) is 15.9 Å². The molecular weight excluding hydrogens is 270 g/mol. The zero-order chi connectivity index (χ0) is 11.4. The molecule has 4 heteroatoms. The fourth-order valence-corrected chi connectivity index (χ4v) is 2.61. The zero-order valence-electron chi connectivity index (χ0n) is 8.74. The maximum Gasteiger partial charge on any atom is 0.237 e. The van der Waals surface area contributed by atoms with Crippen molar-refractivity contribution in [2.75, 3.05) is 4.90 Å². The Kier molecular flexibility index (Phi) is 1.98. The van der Waals surface area contributed by atoms with Gasteiger partial charge in [0.2, 0.25) is 11.8 Å². The molecule has 3 nitrogen and oxygen atoms in total. The molecule has 82 valence electrons. The van der Waals surface area contributed by atoms with Crippen molar-refractivity contribution in [3.8, 4) is 0 Å². The van der Waals surface area contributed by atoms with Crippen LogP contribution in [0.3, 0.4) is 0 Å². The first-order chi connectivity index (χ1) is 7.61. The van der Waals surface area contributed by atoms with Crippen molar-refractivity contribution in [1.29, 1.82) is 0 Å². The number of hydrogen-bond donors (Lipinski definition) is 0. The van der Waals surface area contributed by atoms with Crippen LogP contribution >= 0.6 is 15.9 Å². The highest BCUT2D eigenvalue weighted by molar-refractivity contribution is 9.10. The van der Waals surface area contributed by atoms with E-state index in [1.807, 2.05) is 25.1 Å². The maximum atomic E-state index is 11.9. The van der Waals surface area contributed by atoms with Gasteiger partial charge in [0.15, 0.2) is 0 Å². The molecule has 2 atom stereocenters. The van der Waals surface area contributed by atoms with Crippen LogP contribution in [-0.2, 0) is 9.59 Å². The van der Waals surface area contributed by atoms with Gasteiger partial charge < -0.3 is 0 Å². The number of carbonyl (C=O) groups excluding carboxylic acids is 2. The first-order valence-electron chi connectivity index (χ1n) is 5.24. The molecule has 1 aromatic carbocycles. The van der Waals surface area contributed by atoms with E-state index in [-0.39, 0.29) is 23.7 Å². The minimum atomic E-state index is -0.0362. The summed E-state index contributed by atoms with van der Waals surface area (Å²) in [6, 6.07) is 5.57. The lowest BCUT2D eigenvalue weighted by molar-refractivity contribution is -0.123. The molecular formula is C12H10BrNO2. The number of piperidine rings is 1. The number of fused-ring (bicyclic) bond motifs is 1. The molecule has 0 radical (unpaired) electrons. The highest BCUT2D eigenvalue weighted by Crippen LogP contribution is 2.49. The third kappa shape index (κ3) is 1.19. The van der Waals surface area contributed by atoms with Crippen molar-refractivity contribution in [2.45, 2.75) is 13.3 Å². The lowest BCUT2D eigenvalue weighted by Gasteiger charge is -2.19. The van der Waals surface area contributed by atoms with E-state index in [1.54, 1.807) is 0 Å². The predicted octanol–water partition coefficient (Wildman–Crippen LogP) is 2.27. The zero-order valence-corrected chi connectivity index (χ0v) is 10.3. The topological polar surface area (TPSA) is 37.4 Å². The molecule has 0 spiro atoms. The van der Waals surface area contributed by atoms with Crippen molar-refractivity contribution in [3.63, 3.8) is 0 Å². The van der Waals surface area contributed by atoms with E-state index >= 15 is 0 Å². The standard InChI is InChI=1S/C12H10BrNO2/c1-6-9(13)3-2-4-10(6)14-11(15)7-5-8(7)12(14)16/h2-4,7-8H,5H2,1H3. The van der Waals surface area contributed by atoms with Crippen molar-refractivity contribution < 1.29 is 9.59 Å². The number of halogens is 1. The summed E-state index contributed by atoms with van der Waals surface area (Å²) in [5.74, 6) is -0.135. The van der Waals surface area contributed by atoms with E-state index in [0.717, 1.165) is 22.1 Å². The second kappa shape index (κ2) is 3.17. The summed E-state index contributed by atoms with van der Waals surface area (Å²) in [7, 11) is 0. The van der Waals surface area contributed by atoms with Crippen molar-refractivity contribution in [2.24, 2.45) is 11.8 Å². The third-order valence-corrected chi connectivity index (χ3v) is 4.20. The van der Waals surface area contributed by atoms with Gasteiger partial charge in [-0.1, -0.05) is 22.0 Å². The molecule has 1 saturated heterocycles. The number of nitrogens with zero attached hydrogens (tertiary/aromatic N) is 1. The highest BCUT2D eigenvalue weighted by Gasteiger charge is 2.59. The lowest BCUT2D eigenvalue weighted by Crippen LogP contribution is -2.33. The van der Waals surface area contributed by atoms with Crippen LogP contribution in [0.1, 0.15) is 12.0 Å². The van der Waals surface area contributed by atoms with E-state index in [9.17, 15) is 9.59 Å². The van der Waals surface area contributed by atoms with Gasteiger partial charge in [-0.3, -0.25) is 9.59 Å². The summed E-state index contributed by atoms with van der Waals surface area (Å²) >= 11 is 3.41. The first-order valence-corrected chi connectivity index (χ1v) is 6.03. The van der Waals surface area contributed by atoms with Crippen molar-refractivity contribution >= 4 is 33.4 Å². The number of anilines is 1. The fraction of sp³-hybridized carbons (Fsp3) is 0.333. The fourth-order valence-electron chi connectivity index (χ4n) is 2.26. The van der Waals surface area contributed by atoms with Crippen LogP contribution in [0.2, 0.25) is 0 Å². The van der Waals surface area contributed by atoms with Crippen molar-refractivity contribution in [1.82, 2.24) is 0 Å². The molecule has 1 heterocycles. The summed E-state index contributed by atoms with van der Waals surface area (Å²) in [4.78, 5) is 25.2. The minimum absolute atomic E-state index is 0.0313. The summed E-state index contributed by atoms with van der Waals surface area (Å²) in [6.45, 7) is 1.91. The number of hydrogen-bond acceptors (Lipinski definition) is 2. The van der Waals surface area contributed by atoms with Gasteiger partial charge in [-0.15, -0.1) is 0 Å². The molecule has 0 N–H and O–H groups in total. The van der Waals surface area contributed by atoms with E-state index in [4.69, 9.17) is 0 Å². The molecule has 1 saturated carbocycles. The van der Waals surface area contributed by atoms with Crippen molar-refractivity contribution in [3.05, 3.63) is 28.2 Å². The smallest absolute Gasteiger partial charge is 0.237 e. The second-order valence-corrected chi connectivity index (χ2v) is 5.20. The average Bonchev–Trinajstić information content (AvgIpc) is 2.99. The van der Waals surface area contributed by atoms with Crippen LogP contribution < -0.4 is 4.90 Å².